The zero-order chi connectivity index (χ0) is 45.4. The molecule has 0 saturated carbocycles. The maximum atomic E-state index is 6.76. The van der Waals surface area contributed by atoms with Gasteiger partial charge in [0.1, 0.15) is 0 Å². The Morgan fingerprint density at radius 2 is 0.723 bits per heavy atom. The largest absolute Gasteiger partial charge is 0.310 e. The molecular weight excluding hydrogens is 844 g/mol. The molecule has 318 valence electrons. The Bertz CT molecular complexity index is 3250. The highest BCUT2D eigenvalue weighted by molar-refractivity contribution is 7.82. The van der Waals surface area contributed by atoms with E-state index in [0.29, 0.717) is 0 Å². The van der Waals surface area contributed by atoms with Gasteiger partial charge in [0, 0.05) is 22.2 Å². The van der Waals surface area contributed by atoms with E-state index in [-0.39, 0.29) is 28.4 Å². The smallest absolute Gasteiger partial charge is 0.246 e. The van der Waals surface area contributed by atoms with Crippen LogP contribution in [0.2, 0.25) is 0 Å². The van der Waals surface area contributed by atoms with E-state index in [0.717, 1.165) is 59.3 Å². The van der Waals surface area contributed by atoms with Gasteiger partial charge in [-0.1, -0.05) is 201 Å². The van der Waals surface area contributed by atoms with Crippen LogP contribution in [-0.2, 0) is 21.7 Å². The van der Waals surface area contributed by atoms with Gasteiger partial charge in [-0.2, -0.15) is 0 Å². The molecule has 0 N–H and O–H groups in total. The first-order valence-electron chi connectivity index (χ1n) is 23.0. The predicted octanol–water partition coefficient (Wildman–Crippen LogP) is 13.3. The van der Waals surface area contributed by atoms with Crippen molar-refractivity contribution in [2.45, 2.75) is 90.9 Å². The molecular formula is C59H51BN2S3. The molecule has 2 nitrogen and oxygen atoms in total. The van der Waals surface area contributed by atoms with Gasteiger partial charge in [-0.3, -0.25) is 0 Å². The highest BCUT2D eigenvalue weighted by atomic mass is 32.1. The van der Waals surface area contributed by atoms with Gasteiger partial charge in [-0.05, 0) is 126 Å². The summed E-state index contributed by atoms with van der Waals surface area (Å²) in [5.74, 6) is 0. The molecule has 7 aromatic rings. The van der Waals surface area contributed by atoms with Crippen molar-refractivity contribution in [3.05, 3.63) is 194 Å². The first-order chi connectivity index (χ1) is 30.8. The number of hydrogen-bond acceptors (Lipinski definition) is 5. The number of para-hydroxylation sites is 3. The molecule has 0 radical (unpaired) electrons. The number of rotatable bonds is 2. The van der Waals surface area contributed by atoms with E-state index >= 15 is 0 Å². The molecule has 0 atom stereocenters. The molecule has 5 heterocycles. The van der Waals surface area contributed by atoms with Crippen molar-refractivity contribution in [2.24, 2.45) is 0 Å². The Morgan fingerprint density at radius 1 is 0.385 bits per heavy atom. The molecule has 65 heavy (non-hydrogen) atoms. The fourth-order valence-electron chi connectivity index (χ4n) is 11.9. The lowest BCUT2D eigenvalue weighted by Gasteiger charge is -2.47. The van der Waals surface area contributed by atoms with Crippen LogP contribution in [0.25, 0.3) is 0 Å². The van der Waals surface area contributed by atoms with Gasteiger partial charge in [0.2, 0.25) is 6.71 Å². The van der Waals surface area contributed by atoms with Crippen molar-refractivity contribution < 1.29 is 0 Å². The van der Waals surface area contributed by atoms with Crippen LogP contribution in [-0.4, -0.2) is 21.3 Å². The highest BCUT2D eigenvalue weighted by Crippen LogP contribution is 2.59. The molecule has 7 aromatic carbocycles. The van der Waals surface area contributed by atoms with Crippen molar-refractivity contribution >= 4 is 108 Å². The summed E-state index contributed by atoms with van der Waals surface area (Å²) in [6, 6.07) is 48.0. The molecule has 0 aliphatic carbocycles. The number of hydrogen-bond donors (Lipinski definition) is 0. The van der Waals surface area contributed by atoms with Gasteiger partial charge in [-0.25, -0.2) is 0 Å². The first-order valence-corrected chi connectivity index (χ1v) is 24.2. The second kappa shape index (κ2) is 13.3. The Labute approximate surface area is 400 Å². The lowest BCUT2D eigenvalue weighted by Crippen LogP contribution is -2.67. The van der Waals surface area contributed by atoms with E-state index in [1.54, 1.807) is 0 Å². The Balaban J connectivity index is 1.16. The molecule has 5 aliphatic heterocycles. The molecule has 0 aromatic heterocycles. The van der Waals surface area contributed by atoms with Gasteiger partial charge >= 0.3 is 0 Å². The summed E-state index contributed by atoms with van der Waals surface area (Å²) in [5, 5.41) is 0. The minimum absolute atomic E-state index is 0.0195. The molecule has 0 saturated heterocycles. The average Bonchev–Trinajstić information content (AvgIpc) is 3.27. The van der Waals surface area contributed by atoms with Crippen LogP contribution in [0.4, 0.5) is 34.1 Å². The summed E-state index contributed by atoms with van der Waals surface area (Å²) in [4.78, 5) is 7.65. The van der Waals surface area contributed by atoms with E-state index in [2.05, 4.69) is 206 Å². The summed E-state index contributed by atoms with van der Waals surface area (Å²) >= 11 is 20.1. The van der Waals surface area contributed by atoms with Crippen molar-refractivity contribution in [2.75, 3.05) is 9.80 Å². The lowest BCUT2D eigenvalue weighted by molar-refractivity contribution is 0.590. The SMILES string of the molecule is CC(C)(C)c1cc2c3c(c1)C(=S)c1cc(C(C)(C)C)cc4c1B3c1c(cc(N3c5ccccc5C(C)(C)c5cc6c(cc53)C(C)(C)c3ccccc3N6c3ccccc3)cc1C4=S)C2=S. The topological polar surface area (TPSA) is 6.48 Å². The van der Waals surface area contributed by atoms with Crippen LogP contribution < -0.4 is 26.2 Å². The fourth-order valence-corrected chi connectivity index (χ4v) is 12.9. The van der Waals surface area contributed by atoms with Gasteiger partial charge < -0.3 is 9.80 Å². The minimum Gasteiger partial charge on any atom is -0.310 e. The summed E-state index contributed by atoms with van der Waals surface area (Å²) < 4.78 is 0. The normalized spacial score (nSPS) is 16.7. The van der Waals surface area contributed by atoms with Crippen LogP contribution in [0.5, 0.6) is 0 Å². The van der Waals surface area contributed by atoms with E-state index in [1.807, 2.05) is 0 Å². The summed E-state index contributed by atoms with van der Waals surface area (Å²) in [6.45, 7) is 23.3. The van der Waals surface area contributed by atoms with Crippen LogP contribution in [0.15, 0.2) is 127 Å². The number of thiocarbonyl (C=S) groups is 3. The minimum atomic E-state index is -0.314. The summed E-state index contributed by atoms with van der Waals surface area (Å²) in [6.07, 6.45) is 0. The second-order valence-electron chi connectivity index (χ2n) is 22.0. The molecule has 6 heteroatoms. The van der Waals surface area contributed by atoms with E-state index < -0.39 is 0 Å². The van der Waals surface area contributed by atoms with Gasteiger partial charge in [0.15, 0.2) is 0 Å². The molecule has 0 unspecified atom stereocenters. The van der Waals surface area contributed by atoms with E-state index in [4.69, 9.17) is 36.7 Å². The number of nitrogens with zero attached hydrogens (tertiary/aromatic N) is 2. The van der Waals surface area contributed by atoms with Crippen molar-refractivity contribution in [3.8, 4) is 0 Å². The first kappa shape index (κ1) is 40.9. The molecule has 12 rings (SSSR count). The highest BCUT2D eigenvalue weighted by Gasteiger charge is 2.49. The Hall–Kier alpha value is -5.53. The standard InChI is InChI=1S/C59H51BN2S3/c1-56(2,3)32-24-36-50-38(26-32)54(64)40-28-35(29-41-52(40)60(50)51-37(53(36)63)25-33(57(4,5)6)27-39(51)55(41)65)62-47-23-17-15-21-43(47)59(9,10)45-30-48-44(31-49(45)62)58(7,8)42-20-14-16-22-46(42)61(48)34-18-12-11-13-19-34/h11-31H,1-10H3. The predicted molar refractivity (Wildman–Crippen MR) is 287 cm³/mol. The van der Waals surface area contributed by atoms with Crippen molar-refractivity contribution in [3.63, 3.8) is 0 Å². The van der Waals surface area contributed by atoms with Crippen molar-refractivity contribution in [1.82, 2.24) is 0 Å². The van der Waals surface area contributed by atoms with Gasteiger partial charge in [-0.15, -0.1) is 0 Å². The second-order valence-corrected chi connectivity index (χ2v) is 23.2. The number of benzene rings is 7. The zero-order valence-electron chi connectivity index (χ0n) is 38.8. The van der Waals surface area contributed by atoms with Crippen LogP contribution in [0.1, 0.15) is 136 Å². The molecule has 0 spiro atoms. The molecule has 0 fully saturated rings. The van der Waals surface area contributed by atoms with Crippen LogP contribution in [0.3, 0.4) is 0 Å². The van der Waals surface area contributed by atoms with Crippen molar-refractivity contribution in [1.29, 1.82) is 0 Å². The molecule has 0 amide bonds. The molecule has 5 aliphatic rings. The lowest BCUT2D eigenvalue weighted by atomic mass is 9.27. The van der Waals surface area contributed by atoms with Gasteiger partial charge in [0.05, 0.1) is 37.3 Å². The summed E-state index contributed by atoms with van der Waals surface area (Å²) in [5.41, 5.74) is 24.3. The van der Waals surface area contributed by atoms with E-state index in [9.17, 15) is 0 Å². The quantitative estimate of drug-likeness (QED) is 0.126. The van der Waals surface area contributed by atoms with Gasteiger partial charge in [0.25, 0.3) is 0 Å². The Kier molecular flexibility index (Phi) is 8.38. The van der Waals surface area contributed by atoms with Crippen LogP contribution in [0, 0.1) is 0 Å². The third-order valence-electron chi connectivity index (χ3n) is 15.4. The zero-order valence-corrected chi connectivity index (χ0v) is 41.3. The number of fused-ring (bicyclic) bond motifs is 4. The average molecular weight is 895 g/mol. The Morgan fingerprint density at radius 3 is 1.11 bits per heavy atom. The third kappa shape index (κ3) is 5.48. The fraction of sp³-hybridized carbons (Fsp3) is 0.237. The monoisotopic (exact) mass is 894 g/mol. The van der Waals surface area contributed by atoms with Crippen LogP contribution >= 0.6 is 36.7 Å². The maximum absolute atomic E-state index is 6.76. The molecule has 0 bridgehead atoms. The number of anilines is 6. The summed E-state index contributed by atoms with van der Waals surface area (Å²) in [7, 11) is 0. The van der Waals surface area contributed by atoms with E-state index in [1.165, 1.54) is 72.5 Å². The third-order valence-corrected chi connectivity index (χ3v) is 16.8. The maximum Gasteiger partial charge on any atom is 0.246 e.